The number of aromatic nitrogens is 1. The van der Waals surface area contributed by atoms with Crippen molar-refractivity contribution in [1.29, 1.82) is 0 Å². The molecule has 0 unspecified atom stereocenters. The Hall–Kier alpha value is -1.62. The van der Waals surface area contributed by atoms with Crippen molar-refractivity contribution in [1.82, 2.24) is 9.88 Å². The van der Waals surface area contributed by atoms with Gasteiger partial charge in [0.05, 0.1) is 0 Å². The molecule has 0 radical (unpaired) electrons. The normalized spacial score (nSPS) is 10.4. The number of hydrogen-bond acceptors (Lipinski definition) is 4. The number of rotatable bonds is 6. The summed E-state index contributed by atoms with van der Waals surface area (Å²) in [5.74, 6) is -0.517. The lowest BCUT2D eigenvalue weighted by Crippen LogP contribution is -2.17. The first kappa shape index (κ1) is 12.4. The van der Waals surface area contributed by atoms with Crippen LogP contribution in [-0.2, 0) is 0 Å². The van der Waals surface area contributed by atoms with Gasteiger partial charge < -0.3 is 15.3 Å². The van der Waals surface area contributed by atoms with E-state index in [1.807, 2.05) is 14.1 Å². The van der Waals surface area contributed by atoms with Gasteiger partial charge >= 0.3 is 5.97 Å². The second-order valence-corrected chi connectivity index (χ2v) is 3.79. The van der Waals surface area contributed by atoms with Gasteiger partial charge in [-0.15, -0.1) is 0 Å². The standard InChI is InChI=1S/C11H17N3O2/c1-14(2)8-4-7-13-10-9(11(15)16)5-3-6-12-10/h3,5-6H,4,7-8H2,1-2H3,(H,12,13)(H,15,16). The van der Waals surface area contributed by atoms with Crippen LogP contribution < -0.4 is 5.32 Å². The molecule has 2 N–H and O–H groups in total. The maximum Gasteiger partial charge on any atom is 0.339 e. The highest BCUT2D eigenvalue weighted by atomic mass is 16.4. The third-order valence-electron chi connectivity index (χ3n) is 2.11. The summed E-state index contributed by atoms with van der Waals surface area (Å²) in [6.45, 7) is 1.68. The van der Waals surface area contributed by atoms with Crippen LogP contribution in [0, 0.1) is 0 Å². The largest absolute Gasteiger partial charge is 0.478 e. The SMILES string of the molecule is CN(C)CCCNc1ncccc1C(=O)O. The van der Waals surface area contributed by atoms with Gasteiger partial charge in [0.1, 0.15) is 11.4 Å². The molecule has 0 aromatic carbocycles. The Labute approximate surface area is 95.1 Å². The molecule has 0 spiro atoms. The Kier molecular flexibility index (Phi) is 4.72. The average Bonchev–Trinajstić information content (AvgIpc) is 2.24. The molecule has 0 saturated carbocycles. The van der Waals surface area contributed by atoms with Crippen LogP contribution in [0.15, 0.2) is 18.3 Å². The number of carboxylic acids is 1. The van der Waals surface area contributed by atoms with Crippen molar-refractivity contribution in [3.05, 3.63) is 23.9 Å². The van der Waals surface area contributed by atoms with E-state index in [-0.39, 0.29) is 5.56 Å². The van der Waals surface area contributed by atoms with Gasteiger partial charge in [0, 0.05) is 12.7 Å². The first-order chi connectivity index (χ1) is 7.61. The molecule has 5 nitrogen and oxygen atoms in total. The molecule has 88 valence electrons. The van der Waals surface area contributed by atoms with Crippen molar-refractivity contribution < 1.29 is 9.90 Å². The van der Waals surface area contributed by atoms with Crippen molar-refractivity contribution in [2.75, 3.05) is 32.5 Å². The first-order valence-corrected chi connectivity index (χ1v) is 5.18. The minimum absolute atomic E-state index is 0.215. The van der Waals surface area contributed by atoms with Crippen LogP contribution >= 0.6 is 0 Å². The predicted octanol–water partition coefficient (Wildman–Crippen LogP) is 1.14. The quantitative estimate of drug-likeness (QED) is 0.708. The van der Waals surface area contributed by atoms with E-state index in [9.17, 15) is 4.79 Å². The zero-order chi connectivity index (χ0) is 12.0. The molecule has 5 heteroatoms. The fourth-order valence-electron chi connectivity index (χ4n) is 1.32. The molecule has 1 heterocycles. The lowest BCUT2D eigenvalue weighted by Gasteiger charge is -2.11. The van der Waals surface area contributed by atoms with E-state index in [4.69, 9.17) is 5.11 Å². The second-order valence-electron chi connectivity index (χ2n) is 3.79. The molecule has 0 atom stereocenters. The lowest BCUT2D eigenvalue weighted by atomic mass is 10.2. The Morgan fingerprint density at radius 3 is 2.94 bits per heavy atom. The van der Waals surface area contributed by atoms with E-state index in [2.05, 4.69) is 15.2 Å². The number of hydrogen-bond donors (Lipinski definition) is 2. The van der Waals surface area contributed by atoms with Gasteiger partial charge in [0.15, 0.2) is 0 Å². The minimum atomic E-state index is -0.955. The third-order valence-corrected chi connectivity index (χ3v) is 2.11. The minimum Gasteiger partial charge on any atom is -0.478 e. The van der Waals surface area contributed by atoms with Gasteiger partial charge in [-0.1, -0.05) is 0 Å². The van der Waals surface area contributed by atoms with E-state index in [0.717, 1.165) is 19.5 Å². The number of anilines is 1. The Bertz CT molecular complexity index is 353. The highest BCUT2D eigenvalue weighted by molar-refractivity contribution is 5.92. The average molecular weight is 223 g/mol. The van der Waals surface area contributed by atoms with E-state index in [0.29, 0.717) is 5.82 Å². The second kappa shape index (κ2) is 6.07. The Balaban J connectivity index is 2.50. The predicted molar refractivity (Wildman–Crippen MR) is 62.9 cm³/mol. The molecule has 0 aliphatic carbocycles. The summed E-state index contributed by atoms with van der Waals surface area (Å²) in [4.78, 5) is 17.0. The molecule has 0 saturated heterocycles. The monoisotopic (exact) mass is 223 g/mol. The highest BCUT2D eigenvalue weighted by Crippen LogP contribution is 2.10. The summed E-state index contributed by atoms with van der Waals surface area (Å²) in [7, 11) is 4.01. The summed E-state index contributed by atoms with van der Waals surface area (Å²) >= 11 is 0. The topological polar surface area (TPSA) is 65.5 Å². The molecule has 1 aromatic rings. The van der Waals surface area contributed by atoms with E-state index >= 15 is 0 Å². The fourth-order valence-corrected chi connectivity index (χ4v) is 1.32. The number of carbonyl (C=O) groups is 1. The smallest absolute Gasteiger partial charge is 0.339 e. The van der Waals surface area contributed by atoms with Crippen molar-refractivity contribution >= 4 is 11.8 Å². The van der Waals surface area contributed by atoms with E-state index in [1.165, 1.54) is 0 Å². The van der Waals surface area contributed by atoms with Gasteiger partial charge in [-0.3, -0.25) is 0 Å². The Morgan fingerprint density at radius 1 is 1.56 bits per heavy atom. The van der Waals surface area contributed by atoms with Gasteiger partial charge in [-0.05, 0) is 39.2 Å². The molecular weight excluding hydrogens is 206 g/mol. The molecule has 0 fully saturated rings. The summed E-state index contributed by atoms with van der Waals surface area (Å²) in [6.07, 6.45) is 2.53. The maximum absolute atomic E-state index is 10.9. The van der Waals surface area contributed by atoms with Crippen LogP contribution in [0.3, 0.4) is 0 Å². The zero-order valence-electron chi connectivity index (χ0n) is 9.60. The fraction of sp³-hybridized carbons (Fsp3) is 0.455. The van der Waals surface area contributed by atoms with E-state index < -0.39 is 5.97 Å². The molecule has 0 bridgehead atoms. The number of carboxylic acid groups (broad SMARTS) is 1. The molecule has 0 aliphatic heterocycles. The van der Waals surface area contributed by atoms with Crippen molar-refractivity contribution in [3.8, 4) is 0 Å². The number of pyridine rings is 1. The highest BCUT2D eigenvalue weighted by Gasteiger charge is 2.09. The maximum atomic E-state index is 10.9. The summed E-state index contributed by atoms with van der Waals surface area (Å²) in [6, 6.07) is 3.16. The van der Waals surface area contributed by atoms with Gasteiger partial charge in [0.25, 0.3) is 0 Å². The van der Waals surface area contributed by atoms with Crippen molar-refractivity contribution in [3.63, 3.8) is 0 Å². The van der Waals surface area contributed by atoms with Gasteiger partial charge in [-0.2, -0.15) is 0 Å². The summed E-state index contributed by atoms with van der Waals surface area (Å²) < 4.78 is 0. The van der Waals surface area contributed by atoms with Crippen LogP contribution in [0.4, 0.5) is 5.82 Å². The van der Waals surface area contributed by atoms with Crippen LogP contribution in [0.1, 0.15) is 16.8 Å². The summed E-state index contributed by atoms with van der Waals surface area (Å²) in [5, 5.41) is 12.0. The molecule has 1 aromatic heterocycles. The molecule has 1 rings (SSSR count). The molecular formula is C11H17N3O2. The number of nitrogens with one attached hydrogen (secondary N) is 1. The number of aromatic carboxylic acids is 1. The van der Waals surface area contributed by atoms with Crippen molar-refractivity contribution in [2.24, 2.45) is 0 Å². The van der Waals surface area contributed by atoms with Gasteiger partial charge in [-0.25, -0.2) is 9.78 Å². The van der Waals surface area contributed by atoms with Crippen LogP contribution in [-0.4, -0.2) is 48.1 Å². The molecule has 0 amide bonds. The van der Waals surface area contributed by atoms with E-state index in [1.54, 1.807) is 18.3 Å². The third kappa shape index (κ3) is 3.86. The van der Waals surface area contributed by atoms with Crippen LogP contribution in [0.5, 0.6) is 0 Å². The first-order valence-electron chi connectivity index (χ1n) is 5.18. The van der Waals surface area contributed by atoms with Crippen molar-refractivity contribution in [2.45, 2.75) is 6.42 Å². The molecule has 0 aliphatic rings. The molecule has 16 heavy (non-hydrogen) atoms. The summed E-state index contributed by atoms with van der Waals surface area (Å²) in [5.41, 5.74) is 0.215. The lowest BCUT2D eigenvalue weighted by molar-refractivity contribution is 0.0697. The van der Waals surface area contributed by atoms with Crippen LogP contribution in [0.25, 0.3) is 0 Å². The zero-order valence-corrected chi connectivity index (χ0v) is 9.60. The van der Waals surface area contributed by atoms with Gasteiger partial charge in [0.2, 0.25) is 0 Å². The van der Waals surface area contributed by atoms with Crippen LogP contribution in [0.2, 0.25) is 0 Å². The number of nitrogens with zero attached hydrogens (tertiary/aromatic N) is 2. The Morgan fingerprint density at radius 2 is 2.31 bits per heavy atom.